The molecule has 3 aliphatic heterocycles. The van der Waals surface area contributed by atoms with Crippen molar-refractivity contribution in [2.24, 2.45) is 11.3 Å². The zero-order valence-corrected chi connectivity index (χ0v) is 16.7. The zero-order valence-electron chi connectivity index (χ0n) is 16.7. The topological polar surface area (TPSA) is 41.3 Å². The van der Waals surface area contributed by atoms with E-state index in [-0.39, 0.29) is 17.3 Å². The van der Waals surface area contributed by atoms with E-state index < -0.39 is 6.10 Å². The summed E-state index contributed by atoms with van der Waals surface area (Å²) in [6, 6.07) is 6.22. The van der Waals surface area contributed by atoms with E-state index in [0.717, 1.165) is 48.5 Å². The average Bonchev–Trinajstić information content (AvgIpc) is 3.27. The largest absolute Gasteiger partial charge is 0.392 e. The van der Waals surface area contributed by atoms with Crippen molar-refractivity contribution in [2.45, 2.75) is 62.8 Å². The van der Waals surface area contributed by atoms with Crippen LogP contribution < -0.4 is 0 Å². The van der Waals surface area contributed by atoms with Gasteiger partial charge in [0.1, 0.15) is 5.82 Å². The number of aromatic nitrogens is 2. The number of piperidine rings is 2. The van der Waals surface area contributed by atoms with Crippen LogP contribution in [0.3, 0.4) is 0 Å². The van der Waals surface area contributed by atoms with Gasteiger partial charge in [-0.3, -0.25) is 4.90 Å². The van der Waals surface area contributed by atoms with E-state index in [4.69, 9.17) is 0 Å². The molecule has 7 rings (SSSR count). The third-order valence-corrected chi connectivity index (χ3v) is 8.29. The quantitative estimate of drug-likeness (QED) is 0.776. The van der Waals surface area contributed by atoms with E-state index in [0.29, 0.717) is 18.5 Å². The summed E-state index contributed by atoms with van der Waals surface area (Å²) in [7, 11) is 0. The molecule has 4 fully saturated rings. The Morgan fingerprint density at radius 3 is 2.83 bits per heavy atom. The summed E-state index contributed by atoms with van der Waals surface area (Å²) >= 11 is 0. The maximum Gasteiger partial charge on any atom is 0.129 e. The summed E-state index contributed by atoms with van der Waals surface area (Å²) in [4.78, 5) is 6.91. The van der Waals surface area contributed by atoms with E-state index in [2.05, 4.69) is 21.0 Å². The van der Waals surface area contributed by atoms with Gasteiger partial charge in [0.2, 0.25) is 0 Å². The fraction of sp³-hybridized carbons (Fsp3) is 0.542. The standard InChI is InChI=1S/C24H28FN3O/c1-2-6-27-16-7-15-8-17(27)12-24(10-15,11-16)22(29)9-20-23-18(4-3-5-19(23)25)21-13-26-14-28(20)21/h2-5,13-17,20,22,29H,1,6-12H2. The van der Waals surface area contributed by atoms with E-state index in [1.807, 2.05) is 18.3 Å². The van der Waals surface area contributed by atoms with Crippen molar-refractivity contribution in [3.05, 3.63) is 54.8 Å². The molecule has 4 bridgehead atoms. The predicted molar refractivity (Wildman–Crippen MR) is 110 cm³/mol. The van der Waals surface area contributed by atoms with Gasteiger partial charge in [-0.1, -0.05) is 18.2 Å². The lowest BCUT2D eigenvalue weighted by molar-refractivity contribution is -0.152. The molecule has 4 atom stereocenters. The number of rotatable bonds is 5. The van der Waals surface area contributed by atoms with Crippen molar-refractivity contribution in [3.63, 3.8) is 0 Å². The van der Waals surface area contributed by atoms with Crippen molar-refractivity contribution in [1.29, 1.82) is 0 Å². The van der Waals surface area contributed by atoms with Gasteiger partial charge in [-0.2, -0.15) is 0 Å². The molecule has 2 saturated carbocycles. The van der Waals surface area contributed by atoms with Gasteiger partial charge >= 0.3 is 0 Å². The SMILES string of the molecule is C=CCN1C2CC3CC1CC(C(O)CC1c4c(F)cccc4-c4cncn41)(C3)C2. The second-order valence-corrected chi connectivity index (χ2v) is 9.76. The number of hydrogen-bond acceptors (Lipinski definition) is 3. The smallest absolute Gasteiger partial charge is 0.129 e. The summed E-state index contributed by atoms with van der Waals surface area (Å²) < 4.78 is 16.9. The average molecular weight is 394 g/mol. The number of fused-ring (bicyclic) bond motifs is 3. The Morgan fingerprint density at radius 2 is 2.07 bits per heavy atom. The summed E-state index contributed by atoms with van der Waals surface area (Å²) in [5.74, 6) is 0.547. The minimum atomic E-state index is -0.424. The second kappa shape index (κ2) is 6.26. The molecule has 1 aromatic carbocycles. The highest BCUT2D eigenvalue weighted by molar-refractivity contribution is 5.69. The van der Waals surface area contributed by atoms with Crippen LogP contribution >= 0.6 is 0 Å². The predicted octanol–water partition coefficient (Wildman–Crippen LogP) is 4.16. The Bertz CT molecular complexity index is 953. The molecule has 1 aromatic heterocycles. The van der Waals surface area contributed by atoms with Crippen molar-refractivity contribution in [2.75, 3.05) is 6.54 Å². The molecular weight excluding hydrogens is 365 g/mol. The van der Waals surface area contributed by atoms with Crippen LogP contribution in [0, 0.1) is 17.2 Å². The Morgan fingerprint density at radius 1 is 1.28 bits per heavy atom. The number of aliphatic hydroxyl groups excluding tert-OH is 1. The summed E-state index contributed by atoms with van der Waals surface area (Å²) in [6.45, 7) is 4.90. The van der Waals surface area contributed by atoms with Crippen LogP contribution in [0.15, 0.2) is 43.4 Å². The third kappa shape index (κ3) is 2.47. The maximum atomic E-state index is 14.8. The fourth-order valence-corrected chi connectivity index (χ4v) is 7.31. The van der Waals surface area contributed by atoms with E-state index in [1.165, 1.54) is 18.9 Å². The Balaban J connectivity index is 1.31. The lowest BCUT2D eigenvalue weighted by Gasteiger charge is -2.63. The molecule has 4 nitrogen and oxygen atoms in total. The number of imidazole rings is 1. The molecule has 1 N–H and O–H groups in total. The van der Waals surface area contributed by atoms with Crippen molar-refractivity contribution in [1.82, 2.24) is 14.5 Å². The number of benzene rings is 1. The van der Waals surface area contributed by atoms with Gasteiger partial charge in [0.05, 0.1) is 30.4 Å². The summed E-state index contributed by atoms with van der Waals surface area (Å²) in [5.41, 5.74) is 2.58. The van der Waals surface area contributed by atoms with Gasteiger partial charge in [-0.15, -0.1) is 6.58 Å². The van der Waals surface area contributed by atoms with E-state index in [9.17, 15) is 9.50 Å². The molecular formula is C24H28FN3O. The van der Waals surface area contributed by atoms with Crippen molar-refractivity contribution in [3.8, 4) is 11.3 Å². The van der Waals surface area contributed by atoms with Gasteiger partial charge < -0.3 is 9.67 Å². The molecule has 29 heavy (non-hydrogen) atoms. The normalized spacial score (nSPS) is 35.5. The molecule has 0 radical (unpaired) electrons. The van der Waals surface area contributed by atoms with Crippen LogP contribution in [0.25, 0.3) is 11.3 Å². The number of aliphatic hydroxyl groups is 1. The molecule has 5 heteroatoms. The molecule has 0 amide bonds. The van der Waals surface area contributed by atoms with Crippen LogP contribution in [0.5, 0.6) is 0 Å². The first-order valence-corrected chi connectivity index (χ1v) is 10.9. The highest BCUT2D eigenvalue weighted by atomic mass is 19.1. The summed E-state index contributed by atoms with van der Waals surface area (Å²) in [6.07, 6.45) is 11.5. The lowest BCUT2D eigenvalue weighted by Crippen LogP contribution is -2.64. The highest BCUT2D eigenvalue weighted by Crippen LogP contribution is 2.59. The van der Waals surface area contributed by atoms with Gasteiger partial charge in [0, 0.05) is 29.8 Å². The molecule has 0 spiro atoms. The highest BCUT2D eigenvalue weighted by Gasteiger charge is 2.57. The van der Waals surface area contributed by atoms with Crippen LogP contribution in [0.2, 0.25) is 0 Å². The number of nitrogens with zero attached hydrogens (tertiary/aromatic N) is 3. The van der Waals surface area contributed by atoms with Crippen LogP contribution in [-0.4, -0.2) is 44.3 Å². The zero-order chi connectivity index (χ0) is 19.8. The minimum Gasteiger partial charge on any atom is -0.392 e. The minimum absolute atomic E-state index is 0.0249. The van der Waals surface area contributed by atoms with E-state index in [1.54, 1.807) is 12.4 Å². The molecule has 5 aliphatic rings. The second-order valence-electron chi connectivity index (χ2n) is 9.76. The molecule has 4 heterocycles. The molecule has 2 aromatic rings. The first-order valence-electron chi connectivity index (χ1n) is 10.9. The monoisotopic (exact) mass is 393 g/mol. The van der Waals surface area contributed by atoms with Gasteiger partial charge in [0.15, 0.2) is 0 Å². The van der Waals surface area contributed by atoms with Gasteiger partial charge in [0.25, 0.3) is 0 Å². The van der Waals surface area contributed by atoms with Crippen LogP contribution in [0.4, 0.5) is 4.39 Å². The number of halogens is 1. The van der Waals surface area contributed by atoms with Crippen molar-refractivity contribution >= 4 is 0 Å². The summed E-state index contributed by atoms with van der Waals surface area (Å²) in [5, 5.41) is 11.6. The molecule has 2 saturated heterocycles. The molecule has 4 unspecified atom stereocenters. The maximum absolute atomic E-state index is 14.8. The van der Waals surface area contributed by atoms with Gasteiger partial charge in [-0.25, -0.2) is 9.37 Å². The van der Waals surface area contributed by atoms with Crippen LogP contribution in [0.1, 0.15) is 50.1 Å². The molecule has 152 valence electrons. The third-order valence-electron chi connectivity index (χ3n) is 8.29. The Kier molecular flexibility index (Phi) is 3.85. The molecule has 2 aliphatic carbocycles. The Hall–Kier alpha value is -1.98. The number of hydrogen-bond donors (Lipinski definition) is 1. The first kappa shape index (κ1) is 17.8. The van der Waals surface area contributed by atoms with Crippen LogP contribution in [-0.2, 0) is 0 Å². The fourth-order valence-electron chi connectivity index (χ4n) is 7.31. The Labute approximate surface area is 171 Å². The van der Waals surface area contributed by atoms with Crippen molar-refractivity contribution < 1.29 is 9.50 Å². The first-order chi connectivity index (χ1) is 14.1. The lowest BCUT2D eigenvalue weighted by atomic mass is 9.53. The van der Waals surface area contributed by atoms with Gasteiger partial charge in [-0.05, 0) is 55.9 Å². The van der Waals surface area contributed by atoms with E-state index >= 15 is 0 Å².